The molecule has 4 aromatic rings. The van der Waals surface area contributed by atoms with Crippen LogP contribution in [0.2, 0.25) is 0 Å². The number of piperidine rings is 1. The molecule has 2 fully saturated rings. The van der Waals surface area contributed by atoms with Gasteiger partial charge in [0.1, 0.15) is 5.52 Å². The molecule has 1 saturated carbocycles. The van der Waals surface area contributed by atoms with Gasteiger partial charge in [0.25, 0.3) is 5.56 Å². The first-order valence-electron chi connectivity index (χ1n) is 13.6. The van der Waals surface area contributed by atoms with Gasteiger partial charge >= 0.3 is 6.03 Å². The molecular weight excluding hydrogens is 526 g/mol. The van der Waals surface area contributed by atoms with Crippen molar-refractivity contribution in [3.63, 3.8) is 0 Å². The number of rotatable bonds is 6. The summed E-state index contributed by atoms with van der Waals surface area (Å²) in [7, 11) is -0.679. The first kappa shape index (κ1) is 26.2. The zero-order chi connectivity index (χ0) is 28.1. The number of nitrogens with one attached hydrogen (secondary N) is 2. The number of urea groups is 1. The maximum absolute atomic E-state index is 13.5. The Bertz CT molecular complexity index is 1760. The van der Waals surface area contributed by atoms with Crippen molar-refractivity contribution in [1.82, 2.24) is 13.9 Å². The number of hydrogen-bond acceptors (Lipinski definition) is 5. The Morgan fingerprint density at radius 2 is 1.70 bits per heavy atom. The van der Waals surface area contributed by atoms with Gasteiger partial charge in [0.05, 0.1) is 5.75 Å². The summed E-state index contributed by atoms with van der Waals surface area (Å²) in [6.07, 6.45) is 8.11. The number of fused-ring (bicyclic) bond motifs is 1. The molecule has 2 aromatic carbocycles. The fourth-order valence-corrected chi connectivity index (χ4v) is 7.28. The van der Waals surface area contributed by atoms with E-state index < -0.39 is 15.6 Å². The smallest absolute Gasteiger partial charge is 0.318 e. The van der Waals surface area contributed by atoms with Gasteiger partial charge in [-0.2, -0.15) is 0 Å². The molecule has 0 radical (unpaired) electrons. The number of carbonyl (C=O) groups excluding carboxylic acids is 1. The highest BCUT2D eigenvalue weighted by atomic mass is 32.2. The second kappa shape index (κ2) is 9.85. The van der Waals surface area contributed by atoms with E-state index in [-0.39, 0.29) is 17.3 Å². The van der Waals surface area contributed by atoms with Gasteiger partial charge < -0.3 is 20.1 Å². The lowest BCUT2D eigenvalue weighted by molar-refractivity contribution is 0.254. The van der Waals surface area contributed by atoms with Crippen molar-refractivity contribution >= 4 is 38.3 Å². The zero-order valence-corrected chi connectivity index (χ0v) is 23.5. The molecule has 2 aromatic heterocycles. The van der Waals surface area contributed by atoms with Crippen LogP contribution in [0.3, 0.4) is 0 Å². The lowest BCUT2D eigenvalue weighted by Crippen LogP contribution is -2.34. The molecule has 1 aliphatic carbocycles. The van der Waals surface area contributed by atoms with Crippen LogP contribution in [-0.2, 0) is 22.8 Å². The molecule has 2 aliphatic rings. The van der Waals surface area contributed by atoms with Crippen molar-refractivity contribution in [2.45, 2.75) is 31.4 Å². The fraction of sp³-hybridized carbons (Fsp3) is 0.333. The van der Waals surface area contributed by atoms with Crippen molar-refractivity contribution in [2.24, 2.45) is 12.5 Å². The number of pyridine rings is 1. The van der Waals surface area contributed by atoms with Gasteiger partial charge in [-0.3, -0.25) is 4.79 Å². The summed E-state index contributed by atoms with van der Waals surface area (Å²) >= 11 is 0. The molecule has 1 spiro atoms. The molecule has 40 heavy (non-hydrogen) atoms. The minimum Gasteiger partial charge on any atom is -0.371 e. The Labute approximate surface area is 233 Å². The largest absolute Gasteiger partial charge is 0.371 e. The summed E-state index contributed by atoms with van der Waals surface area (Å²) in [5.74, 6) is -0.225. The minimum absolute atomic E-state index is 0.113. The third-order valence-electron chi connectivity index (χ3n) is 8.37. The highest BCUT2D eigenvalue weighted by Crippen LogP contribution is 2.54. The normalized spacial score (nSPS) is 16.3. The molecule has 0 unspecified atom stereocenters. The Morgan fingerprint density at radius 1 is 0.975 bits per heavy atom. The highest BCUT2D eigenvalue weighted by Gasteiger charge is 2.44. The summed E-state index contributed by atoms with van der Waals surface area (Å²) in [6, 6.07) is 16.1. The summed E-state index contributed by atoms with van der Waals surface area (Å²) in [5.41, 5.74) is 4.03. The van der Waals surface area contributed by atoms with Crippen LogP contribution in [-0.4, -0.2) is 43.1 Å². The van der Waals surface area contributed by atoms with Gasteiger partial charge in [0.2, 0.25) is 10.0 Å². The molecule has 10 heteroatoms. The Balaban J connectivity index is 1.49. The van der Waals surface area contributed by atoms with Crippen molar-refractivity contribution in [3.8, 4) is 11.1 Å². The Hall–Kier alpha value is -4.05. The van der Waals surface area contributed by atoms with Crippen LogP contribution in [0, 0.1) is 5.41 Å². The quantitative estimate of drug-likeness (QED) is 0.362. The number of carbonyl (C=O) groups is 1. The summed E-state index contributed by atoms with van der Waals surface area (Å²) in [4.78, 5) is 27.9. The van der Waals surface area contributed by atoms with E-state index in [1.165, 1.54) is 23.6 Å². The fourth-order valence-electron chi connectivity index (χ4n) is 5.83. The van der Waals surface area contributed by atoms with E-state index in [0.29, 0.717) is 22.1 Å². The molecule has 0 atom stereocenters. The van der Waals surface area contributed by atoms with Crippen LogP contribution in [0.25, 0.3) is 22.0 Å². The van der Waals surface area contributed by atoms with E-state index >= 15 is 0 Å². The van der Waals surface area contributed by atoms with Crippen LogP contribution >= 0.6 is 0 Å². The number of amides is 2. The Morgan fingerprint density at radius 3 is 2.38 bits per heavy atom. The summed E-state index contributed by atoms with van der Waals surface area (Å²) in [5, 5.41) is 5.97. The predicted octanol–water partition coefficient (Wildman–Crippen LogP) is 4.52. The third kappa shape index (κ3) is 4.77. The van der Waals surface area contributed by atoms with E-state index in [4.69, 9.17) is 0 Å². The average Bonchev–Trinajstić information content (AvgIpc) is 3.53. The van der Waals surface area contributed by atoms with Gasteiger partial charge in [-0.15, -0.1) is 0 Å². The number of aromatic nitrogens is 2. The van der Waals surface area contributed by atoms with Crippen molar-refractivity contribution in [2.75, 3.05) is 30.4 Å². The first-order valence-corrected chi connectivity index (χ1v) is 15.2. The number of nitrogens with zero attached hydrogens (tertiary/aromatic N) is 3. The van der Waals surface area contributed by atoms with Crippen LogP contribution in [0.1, 0.15) is 31.2 Å². The first-order chi connectivity index (χ1) is 19.2. The molecule has 2 N–H and O–H groups in total. The van der Waals surface area contributed by atoms with E-state index in [2.05, 4.69) is 15.5 Å². The summed E-state index contributed by atoms with van der Waals surface area (Å²) < 4.78 is 29.6. The molecule has 2 amide bonds. The second-order valence-corrected chi connectivity index (χ2v) is 12.8. The topological polar surface area (TPSA) is 105 Å². The van der Waals surface area contributed by atoms with Gasteiger partial charge in [-0.25, -0.2) is 17.2 Å². The molecule has 1 saturated heterocycles. The van der Waals surface area contributed by atoms with Gasteiger partial charge in [0.15, 0.2) is 0 Å². The van der Waals surface area contributed by atoms with Crippen LogP contribution in [0.4, 0.5) is 16.2 Å². The lowest BCUT2D eigenvalue weighted by atomic mass is 9.92. The Kier molecular flexibility index (Phi) is 6.45. The van der Waals surface area contributed by atoms with E-state index in [0.717, 1.165) is 46.7 Å². The second-order valence-electron chi connectivity index (χ2n) is 11.0. The van der Waals surface area contributed by atoms with Gasteiger partial charge in [-0.1, -0.05) is 30.3 Å². The zero-order valence-electron chi connectivity index (χ0n) is 22.7. The molecule has 6 rings (SSSR count). The standard InChI is InChI=1S/C30H33N5O4S/c1-31-29(37)32-22-8-9-26(34-16-13-30(11-12-30)14-17-34)24(18-22)25-19-33(2)28(36)27-23(25)10-15-35(27)40(38,39)20-21-6-4-3-5-7-21/h3-10,15,18-19H,11-14,16-17,20H2,1-2H3,(H2,31,32,37). The molecule has 1 aliphatic heterocycles. The van der Waals surface area contributed by atoms with Crippen LogP contribution in [0.5, 0.6) is 0 Å². The molecule has 208 valence electrons. The minimum atomic E-state index is -3.87. The molecule has 3 heterocycles. The monoisotopic (exact) mass is 559 g/mol. The van der Waals surface area contributed by atoms with E-state index in [1.54, 1.807) is 50.6 Å². The lowest BCUT2D eigenvalue weighted by Gasteiger charge is -2.35. The number of aryl methyl sites for hydroxylation is 1. The predicted molar refractivity (Wildman–Crippen MR) is 158 cm³/mol. The maximum atomic E-state index is 13.5. The van der Waals surface area contributed by atoms with Gasteiger partial charge in [0, 0.05) is 67.5 Å². The molecule has 9 nitrogen and oxygen atoms in total. The number of anilines is 2. The number of benzene rings is 2. The van der Waals surface area contributed by atoms with E-state index in [9.17, 15) is 18.0 Å². The number of hydrogen-bond donors (Lipinski definition) is 2. The van der Waals surface area contributed by atoms with E-state index in [1.807, 2.05) is 24.3 Å². The summed E-state index contributed by atoms with van der Waals surface area (Å²) in [6.45, 7) is 1.85. The highest BCUT2D eigenvalue weighted by molar-refractivity contribution is 7.89. The van der Waals surface area contributed by atoms with Crippen LogP contribution in [0.15, 0.2) is 71.8 Å². The maximum Gasteiger partial charge on any atom is 0.318 e. The average molecular weight is 560 g/mol. The van der Waals surface area contributed by atoms with Crippen molar-refractivity contribution in [1.29, 1.82) is 0 Å². The van der Waals surface area contributed by atoms with Crippen molar-refractivity contribution < 1.29 is 13.2 Å². The molecular formula is C30H33N5O4S. The van der Waals surface area contributed by atoms with Crippen LogP contribution < -0.4 is 21.1 Å². The molecule has 0 bridgehead atoms. The third-order valence-corrected chi connectivity index (χ3v) is 9.97. The SMILES string of the molecule is CNC(=O)Nc1ccc(N2CCC3(CC2)CC3)c(-c2cn(C)c(=O)c3c2ccn3S(=O)(=O)Cc2ccccc2)c1. The van der Waals surface area contributed by atoms with Crippen molar-refractivity contribution in [3.05, 3.63) is 82.9 Å². The van der Waals surface area contributed by atoms with Gasteiger partial charge in [-0.05, 0) is 60.9 Å².